The van der Waals surface area contributed by atoms with Crippen molar-refractivity contribution < 1.29 is 9.53 Å². The highest BCUT2D eigenvalue weighted by atomic mass is 16.6. The molecule has 0 spiro atoms. The number of cyclic esters (lactones) is 1. The van der Waals surface area contributed by atoms with E-state index in [0.717, 1.165) is 17.7 Å². The molecule has 1 amide bonds. The molecule has 1 atom stereocenters. The normalized spacial score (nSPS) is 20.3. The molecule has 0 aliphatic carbocycles. The Kier molecular flexibility index (Phi) is 3.80. The Morgan fingerprint density at radius 1 is 1.37 bits per heavy atom. The fraction of sp³-hybridized carbons (Fsp3) is 0.533. The predicted molar refractivity (Wildman–Crippen MR) is 76.4 cm³/mol. The van der Waals surface area contributed by atoms with E-state index in [0.29, 0.717) is 13.1 Å². The Balaban J connectivity index is 2.30. The average Bonchev–Trinajstić information content (AvgIpc) is 2.37. The van der Waals surface area contributed by atoms with Crippen LogP contribution in [-0.2, 0) is 10.2 Å². The maximum atomic E-state index is 12.1. The van der Waals surface area contributed by atoms with Crippen molar-refractivity contribution in [2.24, 2.45) is 5.73 Å². The molecule has 1 aliphatic heterocycles. The van der Waals surface area contributed by atoms with Crippen LogP contribution in [0.2, 0.25) is 0 Å². The van der Waals surface area contributed by atoms with Gasteiger partial charge >= 0.3 is 6.09 Å². The standard InChI is InChI=1S/C15H22N2O2/c1-15(2,3)12-6-4-5-7-13(12)17-9-8-11(10-16)19-14(17)18/h4-7,11H,8-10,16H2,1-3H3. The maximum Gasteiger partial charge on any atom is 0.414 e. The molecule has 0 radical (unpaired) electrons. The molecule has 1 heterocycles. The quantitative estimate of drug-likeness (QED) is 0.891. The summed E-state index contributed by atoms with van der Waals surface area (Å²) in [5.41, 5.74) is 7.63. The van der Waals surface area contributed by atoms with E-state index >= 15 is 0 Å². The van der Waals surface area contributed by atoms with Crippen molar-refractivity contribution in [3.05, 3.63) is 29.8 Å². The molecule has 1 aromatic rings. The van der Waals surface area contributed by atoms with Gasteiger partial charge in [-0.25, -0.2) is 4.79 Å². The Labute approximate surface area is 114 Å². The molecule has 4 nitrogen and oxygen atoms in total. The summed E-state index contributed by atoms with van der Waals surface area (Å²) in [5.74, 6) is 0. The first-order valence-corrected chi connectivity index (χ1v) is 6.71. The number of carbonyl (C=O) groups excluding carboxylic acids is 1. The Morgan fingerprint density at radius 2 is 2.05 bits per heavy atom. The van der Waals surface area contributed by atoms with Gasteiger partial charge in [-0.1, -0.05) is 39.0 Å². The van der Waals surface area contributed by atoms with Crippen LogP contribution in [0.25, 0.3) is 0 Å². The molecule has 1 aliphatic rings. The van der Waals surface area contributed by atoms with Crippen LogP contribution in [0.4, 0.5) is 10.5 Å². The van der Waals surface area contributed by atoms with E-state index < -0.39 is 0 Å². The fourth-order valence-corrected chi connectivity index (χ4v) is 2.36. The zero-order chi connectivity index (χ0) is 14.0. The van der Waals surface area contributed by atoms with Crippen molar-refractivity contribution in [1.82, 2.24) is 0 Å². The van der Waals surface area contributed by atoms with Gasteiger partial charge in [-0.3, -0.25) is 4.90 Å². The largest absolute Gasteiger partial charge is 0.444 e. The van der Waals surface area contributed by atoms with Crippen molar-refractivity contribution in [2.45, 2.75) is 38.7 Å². The number of rotatable bonds is 2. The highest BCUT2D eigenvalue weighted by molar-refractivity contribution is 5.89. The number of hydrogen-bond acceptors (Lipinski definition) is 3. The van der Waals surface area contributed by atoms with Gasteiger partial charge in [0.05, 0.1) is 5.69 Å². The van der Waals surface area contributed by atoms with Crippen LogP contribution < -0.4 is 10.6 Å². The van der Waals surface area contributed by atoms with Gasteiger partial charge in [0.15, 0.2) is 0 Å². The van der Waals surface area contributed by atoms with Crippen molar-refractivity contribution in [3.8, 4) is 0 Å². The molecule has 1 aromatic carbocycles. The number of carbonyl (C=O) groups is 1. The van der Waals surface area contributed by atoms with E-state index in [1.54, 1.807) is 4.90 Å². The SMILES string of the molecule is CC(C)(C)c1ccccc1N1CCC(CN)OC1=O. The summed E-state index contributed by atoms with van der Waals surface area (Å²) in [7, 11) is 0. The molecule has 1 fully saturated rings. The summed E-state index contributed by atoms with van der Waals surface area (Å²) in [6, 6.07) is 8.00. The predicted octanol–water partition coefficient (Wildman–Crippen LogP) is 2.66. The van der Waals surface area contributed by atoms with Crippen LogP contribution >= 0.6 is 0 Å². The Bertz CT molecular complexity index is 465. The molecule has 0 saturated carbocycles. The van der Waals surface area contributed by atoms with E-state index in [2.05, 4.69) is 26.8 Å². The van der Waals surface area contributed by atoms with Crippen LogP contribution in [-0.4, -0.2) is 25.3 Å². The first-order chi connectivity index (χ1) is 8.93. The molecule has 1 saturated heterocycles. The first kappa shape index (κ1) is 13.9. The van der Waals surface area contributed by atoms with Gasteiger partial charge in [0, 0.05) is 19.5 Å². The minimum absolute atomic E-state index is 0.0123. The van der Waals surface area contributed by atoms with Gasteiger partial charge in [0.25, 0.3) is 0 Å². The molecule has 0 bridgehead atoms. The van der Waals surface area contributed by atoms with Crippen LogP contribution in [0.3, 0.4) is 0 Å². The number of ether oxygens (including phenoxy) is 1. The van der Waals surface area contributed by atoms with Crippen molar-refractivity contribution in [1.29, 1.82) is 0 Å². The third kappa shape index (κ3) is 2.89. The minimum atomic E-state index is -0.293. The fourth-order valence-electron chi connectivity index (χ4n) is 2.36. The summed E-state index contributed by atoms with van der Waals surface area (Å²) < 4.78 is 5.33. The lowest BCUT2D eigenvalue weighted by Gasteiger charge is -2.34. The number of hydrogen-bond donors (Lipinski definition) is 1. The first-order valence-electron chi connectivity index (χ1n) is 6.71. The van der Waals surface area contributed by atoms with Crippen LogP contribution in [0, 0.1) is 0 Å². The third-order valence-corrected chi connectivity index (χ3v) is 3.43. The smallest absolute Gasteiger partial charge is 0.414 e. The van der Waals surface area contributed by atoms with Crippen LogP contribution in [0.5, 0.6) is 0 Å². The van der Waals surface area contributed by atoms with Crippen molar-refractivity contribution in [2.75, 3.05) is 18.0 Å². The topological polar surface area (TPSA) is 55.6 Å². The van der Waals surface area contributed by atoms with E-state index in [9.17, 15) is 4.79 Å². The number of nitrogens with two attached hydrogens (primary N) is 1. The van der Waals surface area contributed by atoms with Crippen LogP contribution in [0.15, 0.2) is 24.3 Å². The molecular weight excluding hydrogens is 240 g/mol. The van der Waals surface area contributed by atoms with E-state index in [4.69, 9.17) is 10.5 Å². The summed E-state index contributed by atoms with van der Waals surface area (Å²) in [6.45, 7) is 7.48. The summed E-state index contributed by atoms with van der Waals surface area (Å²) >= 11 is 0. The average molecular weight is 262 g/mol. The molecule has 2 N–H and O–H groups in total. The molecule has 4 heteroatoms. The van der Waals surface area contributed by atoms with Gasteiger partial charge in [0.1, 0.15) is 6.10 Å². The van der Waals surface area contributed by atoms with Crippen molar-refractivity contribution >= 4 is 11.8 Å². The monoisotopic (exact) mass is 262 g/mol. The number of benzene rings is 1. The summed E-state index contributed by atoms with van der Waals surface area (Å²) in [4.78, 5) is 13.8. The lowest BCUT2D eigenvalue weighted by molar-refractivity contribution is 0.0887. The van der Waals surface area contributed by atoms with Gasteiger partial charge in [0.2, 0.25) is 0 Å². The van der Waals surface area contributed by atoms with E-state index in [-0.39, 0.29) is 17.6 Å². The molecule has 2 rings (SSSR count). The second-order valence-electron chi connectivity index (χ2n) is 5.95. The van der Waals surface area contributed by atoms with E-state index in [1.807, 2.05) is 18.2 Å². The number of anilines is 1. The van der Waals surface area contributed by atoms with Gasteiger partial charge in [-0.15, -0.1) is 0 Å². The number of amides is 1. The zero-order valence-corrected chi connectivity index (χ0v) is 11.8. The highest BCUT2D eigenvalue weighted by Gasteiger charge is 2.30. The zero-order valence-electron chi connectivity index (χ0n) is 11.8. The highest BCUT2D eigenvalue weighted by Crippen LogP contribution is 2.33. The van der Waals surface area contributed by atoms with Gasteiger partial charge in [-0.2, -0.15) is 0 Å². The number of nitrogens with zero attached hydrogens (tertiary/aromatic N) is 1. The second kappa shape index (κ2) is 5.21. The second-order valence-corrected chi connectivity index (χ2v) is 5.95. The molecule has 19 heavy (non-hydrogen) atoms. The lowest BCUT2D eigenvalue weighted by Crippen LogP contribution is -2.45. The molecular formula is C15H22N2O2. The van der Waals surface area contributed by atoms with Gasteiger partial charge in [-0.05, 0) is 17.0 Å². The minimum Gasteiger partial charge on any atom is -0.444 e. The molecule has 0 aromatic heterocycles. The molecule has 104 valence electrons. The summed E-state index contributed by atoms with van der Waals surface area (Å²) in [5, 5.41) is 0. The van der Waals surface area contributed by atoms with Gasteiger partial charge < -0.3 is 10.5 Å². The molecule has 1 unspecified atom stereocenters. The van der Waals surface area contributed by atoms with E-state index in [1.165, 1.54) is 0 Å². The Hall–Kier alpha value is -1.55. The van der Waals surface area contributed by atoms with Crippen LogP contribution in [0.1, 0.15) is 32.8 Å². The van der Waals surface area contributed by atoms with Crippen molar-refractivity contribution in [3.63, 3.8) is 0 Å². The lowest BCUT2D eigenvalue weighted by atomic mass is 9.85. The third-order valence-electron chi connectivity index (χ3n) is 3.43. The Morgan fingerprint density at radius 3 is 2.63 bits per heavy atom. The maximum absolute atomic E-state index is 12.1. The summed E-state index contributed by atoms with van der Waals surface area (Å²) in [6.07, 6.45) is 0.338. The number of para-hydroxylation sites is 1.